The lowest BCUT2D eigenvalue weighted by atomic mass is 10.2. The van der Waals surface area contributed by atoms with Crippen LogP contribution in [0.2, 0.25) is 0 Å². The first kappa shape index (κ1) is 17.9. The fourth-order valence-corrected chi connectivity index (χ4v) is 2.48. The maximum Gasteiger partial charge on any atom is 0.193 e. The molecule has 0 aromatic carbocycles. The number of aryl methyl sites for hydroxylation is 1. The van der Waals surface area contributed by atoms with E-state index in [1.54, 1.807) is 18.4 Å². The number of aliphatic imine (C=N–C) groups is 1. The molecule has 0 fully saturated rings. The van der Waals surface area contributed by atoms with Gasteiger partial charge in [0.1, 0.15) is 0 Å². The van der Waals surface area contributed by atoms with Crippen molar-refractivity contribution < 1.29 is 4.74 Å². The number of aromatic nitrogens is 1. The lowest BCUT2D eigenvalue weighted by Gasteiger charge is -2.21. The molecular formula is C15H28N4OS. The van der Waals surface area contributed by atoms with Crippen molar-refractivity contribution in [3.05, 3.63) is 16.1 Å². The summed E-state index contributed by atoms with van der Waals surface area (Å²) >= 11 is 1.68. The summed E-state index contributed by atoms with van der Waals surface area (Å²) in [5.74, 6) is 1.49. The van der Waals surface area contributed by atoms with E-state index in [2.05, 4.69) is 39.4 Å². The molecule has 1 rings (SSSR count). The summed E-state index contributed by atoms with van der Waals surface area (Å²) in [5.41, 5.74) is 1.09. The van der Waals surface area contributed by atoms with Crippen molar-refractivity contribution in [1.82, 2.24) is 15.2 Å². The Morgan fingerprint density at radius 1 is 1.52 bits per heavy atom. The van der Waals surface area contributed by atoms with Gasteiger partial charge in [-0.25, -0.2) is 4.98 Å². The van der Waals surface area contributed by atoms with E-state index in [0.717, 1.165) is 49.4 Å². The summed E-state index contributed by atoms with van der Waals surface area (Å²) in [6, 6.07) is 0. The largest absolute Gasteiger partial charge is 0.381 e. The number of thiazole rings is 1. The third-order valence-corrected chi connectivity index (χ3v) is 3.66. The van der Waals surface area contributed by atoms with Crippen LogP contribution < -0.4 is 5.32 Å². The van der Waals surface area contributed by atoms with E-state index in [-0.39, 0.29) is 0 Å². The van der Waals surface area contributed by atoms with E-state index in [4.69, 9.17) is 4.74 Å². The van der Waals surface area contributed by atoms with Gasteiger partial charge in [-0.2, -0.15) is 0 Å². The number of hydrogen-bond acceptors (Lipinski definition) is 4. The molecule has 5 nitrogen and oxygen atoms in total. The van der Waals surface area contributed by atoms with Gasteiger partial charge < -0.3 is 15.0 Å². The lowest BCUT2D eigenvalue weighted by molar-refractivity contribution is 0.108. The van der Waals surface area contributed by atoms with Gasteiger partial charge in [0.15, 0.2) is 5.96 Å². The molecule has 0 saturated carbocycles. The second kappa shape index (κ2) is 9.73. The third kappa shape index (κ3) is 7.43. The maximum absolute atomic E-state index is 5.57. The van der Waals surface area contributed by atoms with Crippen LogP contribution in [0.3, 0.4) is 0 Å². The van der Waals surface area contributed by atoms with Crippen LogP contribution in [0.15, 0.2) is 10.4 Å². The smallest absolute Gasteiger partial charge is 0.193 e. The SMILES string of the molecule is CN=C(NCCCOCC(C)C)N(C)Cc1csc(C)n1. The Morgan fingerprint density at radius 3 is 2.86 bits per heavy atom. The van der Waals surface area contributed by atoms with Crippen LogP contribution in [0.4, 0.5) is 0 Å². The molecule has 0 amide bonds. The molecule has 1 aromatic rings. The molecule has 1 aromatic heterocycles. The minimum Gasteiger partial charge on any atom is -0.381 e. The van der Waals surface area contributed by atoms with Gasteiger partial charge in [-0.15, -0.1) is 11.3 Å². The summed E-state index contributed by atoms with van der Waals surface area (Å²) in [7, 11) is 3.83. The van der Waals surface area contributed by atoms with Crippen molar-refractivity contribution in [2.45, 2.75) is 33.7 Å². The van der Waals surface area contributed by atoms with Crippen molar-refractivity contribution in [3.8, 4) is 0 Å². The Hall–Kier alpha value is -1.14. The third-order valence-electron chi connectivity index (χ3n) is 2.84. The summed E-state index contributed by atoms with van der Waals surface area (Å²) in [6.07, 6.45) is 0.982. The first-order valence-electron chi connectivity index (χ1n) is 7.43. The van der Waals surface area contributed by atoms with Crippen LogP contribution in [-0.2, 0) is 11.3 Å². The Labute approximate surface area is 132 Å². The first-order valence-corrected chi connectivity index (χ1v) is 8.31. The molecule has 0 aliphatic carbocycles. The second-order valence-corrected chi connectivity index (χ2v) is 6.57. The maximum atomic E-state index is 5.57. The molecule has 0 spiro atoms. The lowest BCUT2D eigenvalue weighted by Crippen LogP contribution is -2.39. The van der Waals surface area contributed by atoms with E-state index in [0.29, 0.717) is 5.92 Å². The molecule has 0 bridgehead atoms. The highest BCUT2D eigenvalue weighted by Crippen LogP contribution is 2.09. The number of hydrogen-bond donors (Lipinski definition) is 1. The minimum atomic E-state index is 0.596. The zero-order valence-electron chi connectivity index (χ0n) is 13.8. The quantitative estimate of drug-likeness (QED) is 0.455. The first-order chi connectivity index (χ1) is 10.0. The van der Waals surface area contributed by atoms with Crippen LogP contribution >= 0.6 is 11.3 Å². The molecule has 0 saturated heterocycles. The standard InChI is InChI=1S/C15H28N4OS/c1-12(2)10-20-8-6-7-17-15(16-4)19(5)9-14-11-21-13(3)18-14/h11-12H,6-10H2,1-5H3,(H,16,17). The van der Waals surface area contributed by atoms with Gasteiger partial charge in [0.05, 0.1) is 17.2 Å². The molecule has 120 valence electrons. The Kier molecular flexibility index (Phi) is 8.30. The van der Waals surface area contributed by atoms with Crippen LogP contribution in [0.25, 0.3) is 0 Å². The van der Waals surface area contributed by atoms with Gasteiger partial charge in [0.2, 0.25) is 0 Å². The normalized spacial score (nSPS) is 12.0. The molecule has 0 aliphatic heterocycles. The highest BCUT2D eigenvalue weighted by atomic mass is 32.1. The van der Waals surface area contributed by atoms with E-state index in [1.807, 2.05) is 14.0 Å². The molecule has 0 radical (unpaired) electrons. The molecule has 0 unspecified atom stereocenters. The summed E-state index contributed by atoms with van der Waals surface area (Å²) in [5, 5.41) is 6.55. The van der Waals surface area contributed by atoms with E-state index < -0.39 is 0 Å². The van der Waals surface area contributed by atoms with Gasteiger partial charge in [-0.1, -0.05) is 13.8 Å². The Morgan fingerprint density at radius 2 is 2.29 bits per heavy atom. The summed E-state index contributed by atoms with van der Waals surface area (Å²) in [6.45, 7) is 9.61. The van der Waals surface area contributed by atoms with Gasteiger partial charge in [-0.3, -0.25) is 4.99 Å². The molecule has 1 N–H and O–H groups in total. The zero-order chi connectivity index (χ0) is 15.7. The average molecular weight is 312 g/mol. The summed E-state index contributed by atoms with van der Waals surface area (Å²) in [4.78, 5) is 10.9. The Bertz CT molecular complexity index is 431. The van der Waals surface area contributed by atoms with Crippen LogP contribution in [0.1, 0.15) is 31.0 Å². The summed E-state index contributed by atoms with van der Waals surface area (Å²) < 4.78 is 5.57. The van der Waals surface area contributed by atoms with E-state index in [1.165, 1.54) is 0 Å². The van der Waals surface area contributed by atoms with Gasteiger partial charge in [-0.05, 0) is 19.3 Å². The molecule has 0 aliphatic rings. The number of guanidine groups is 1. The monoisotopic (exact) mass is 312 g/mol. The molecule has 0 atom stereocenters. The minimum absolute atomic E-state index is 0.596. The molecule has 21 heavy (non-hydrogen) atoms. The number of rotatable bonds is 8. The Balaban J connectivity index is 2.24. The number of ether oxygens (including phenoxy) is 1. The average Bonchev–Trinajstić information content (AvgIpc) is 2.82. The van der Waals surface area contributed by atoms with Crippen molar-refractivity contribution in [2.75, 3.05) is 33.9 Å². The highest BCUT2D eigenvalue weighted by molar-refractivity contribution is 7.09. The highest BCUT2D eigenvalue weighted by Gasteiger charge is 2.08. The van der Waals surface area contributed by atoms with Gasteiger partial charge in [0, 0.05) is 39.2 Å². The molecule has 6 heteroatoms. The van der Waals surface area contributed by atoms with Crippen LogP contribution in [-0.4, -0.2) is 49.7 Å². The number of nitrogens with zero attached hydrogens (tertiary/aromatic N) is 3. The van der Waals surface area contributed by atoms with Crippen molar-refractivity contribution >= 4 is 17.3 Å². The fraction of sp³-hybridized carbons (Fsp3) is 0.733. The van der Waals surface area contributed by atoms with Crippen molar-refractivity contribution in [1.29, 1.82) is 0 Å². The molecule has 1 heterocycles. The fourth-order valence-electron chi connectivity index (χ4n) is 1.88. The zero-order valence-corrected chi connectivity index (χ0v) is 14.7. The van der Waals surface area contributed by atoms with Gasteiger partial charge >= 0.3 is 0 Å². The molecular weight excluding hydrogens is 284 g/mol. The van der Waals surface area contributed by atoms with E-state index in [9.17, 15) is 0 Å². The predicted molar refractivity (Wildman–Crippen MR) is 90.0 cm³/mol. The van der Waals surface area contributed by atoms with Crippen molar-refractivity contribution in [2.24, 2.45) is 10.9 Å². The van der Waals surface area contributed by atoms with Gasteiger partial charge in [0.25, 0.3) is 0 Å². The van der Waals surface area contributed by atoms with Crippen LogP contribution in [0, 0.1) is 12.8 Å². The predicted octanol–water partition coefficient (Wildman–Crippen LogP) is 2.52. The number of nitrogens with one attached hydrogen (secondary N) is 1. The second-order valence-electron chi connectivity index (χ2n) is 5.51. The van der Waals surface area contributed by atoms with Crippen molar-refractivity contribution in [3.63, 3.8) is 0 Å². The topological polar surface area (TPSA) is 49.8 Å². The van der Waals surface area contributed by atoms with E-state index >= 15 is 0 Å². The van der Waals surface area contributed by atoms with Crippen LogP contribution in [0.5, 0.6) is 0 Å².